The van der Waals surface area contributed by atoms with Crippen LogP contribution in [0, 0.1) is 0 Å². The molecular formula is C20H21N3OS. The molecule has 128 valence electrons. The summed E-state index contributed by atoms with van der Waals surface area (Å²) in [6, 6.07) is 14.7. The van der Waals surface area contributed by atoms with Gasteiger partial charge >= 0.3 is 0 Å². The molecule has 1 atom stereocenters. The highest BCUT2D eigenvalue weighted by atomic mass is 32.1. The van der Waals surface area contributed by atoms with E-state index in [0.717, 1.165) is 41.8 Å². The number of nitrogens with zero attached hydrogens (tertiary/aromatic N) is 3. The third kappa shape index (κ3) is 3.30. The molecule has 2 aromatic heterocycles. The lowest BCUT2D eigenvalue weighted by Crippen LogP contribution is -2.54. The van der Waals surface area contributed by atoms with Gasteiger partial charge in [-0.05, 0) is 36.5 Å². The molecule has 0 aliphatic carbocycles. The molecule has 5 heteroatoms. The Labute approximate surface area is 151 Å². The molecule has 4 rings (SSSR count). The molecule has 3 aromatic rings. The van der Waals surface area contributed by atoms with Crippen molar-refractivity contribution in [2.45, 2.75) is 12.5 Å². The van der Waals surface area contributed by atoms with Gasteiger partial charge in [0.25, 0.3) is 5.91 Å². The maximum absolute atomic E-state index is 13.1. The first-order valence-electron chi connectivity index (χ1n) is 8.58. The number of hydrogen-bond acceptors (Lipinski definition) is 4. The Morgan fingerprint density at radius 1 is 1.20 bits per heavy atom. The number of fused-ring (bicyclic) bond motifs is 1. The number of benzene rings is 1. The molecule has 0 N–H and O–H groups in total. The molecule has 1 aliphatic heterocycles. The Bertz CT molecular complexity index is 877. The van der Waals surface area contributed by atoms with E-state index in [1.54, 1.807) is 17.5 Å². The Hall–Kier alpha value is -2.24. The number of amides is 1. The number of carbonyl (C=O) groups is 1. The van der Waals surface area contributed by atoms with Crippen LogP contribution in [0.3, 0.4) is 0 Å². The lowest BCUT2D eigenvalue weighted by atomic mass is 10.0. The van der Waals surface area contributed by atoms with Crippen molar-refractivity contribution in [3.8, 4) is 0 Å². The fourth-order valence-corrected chi connectivity index (χ4v) is 4.31. The molecule has 1 aromatic carbocycles. The van der Waals surface area contributed by atoms with Crippen molar-refractivity contribution in [3.63, 3.8) is 0 Å². The first-order chi connectivity index (χ1) is 12.2. The molecule has 0 radical (unpaired) electrons. The summed E-state index contributed by atoms with van der Waals surface area (Å²) in [6.45, 7) is 2.44. The second-order valence-electron chi connectivity index (χ2n) is 6.57. The Kier molecular flexibility index (Phi) is 4.51. The average Bonchev–Trinajstić information content (AvgIpc) is 3.12. The maximum Gasteiger partial charge on any atom is 0.255 e. The van der Waals surface area contributed by atoms with Gasteiger partial charge in [0.15, 0.2) is 0 Å². The molecule has 0 saturated carbocycles. The number of hydrogen-bond donors (Lipinski definition) is 0. The molecule has 1 aliphatic rings. The van der Waals surface area contributed by atoms with Crippen LogP contribution < -0.4 is 0 Å². The molecule has 3 heterocycles. The van der Waals surface area contributed by atoms with Crippen molar-refractivity contribution in [2.75, 3.05) is 26.7 Å². The van der Waals surface area contributed by atoms with Crippen molar-refractivity contribution in [1.29, 1.82) is 0 Å². The lowest BCUT2D eigenvalue weighted by Gasteiger charge is -2.39. The number of piperazine rings is 1. The summed E-state index contributed by atoms with van der Waals surface area (Å²) in [6.07, 6.45) is 2.70. The molecule has 25 heavy (non-hydrogen) atoms. The van der Waals surface area contributed by atoms with Crippen molar-refractivity contribution in [1.82, 2.24) is 14.8 Å². The first kappa shape index (κ1) is 16.2. The van der Waals surface area contributed by atoms with Gasteiger partial charge < -0.3 is 4.90 Å². The SMILES string of the molecule is CN1CCN(C(=O)c2ccnc3ccsc23)CC1Cc1ccccc1. The normalized spacial score (nSPS) is 18.6. The zero-order valence-electron chi connectivity index (χ0n) is 14.3. The van der Waals surface area contributed by atoms with E-state index in [9.17, 15) is 4.79 Å². The van der Waals surface area contributed by atoms with E-state index in [2.05, 4.69) is 41.2 Å². The van der Waals surface area contributed by atoms with E-state index >= 15 is 0 Å². The van der Waals surface area contributed by atoms with Gasteiger partial charge in [-0.1, -0.05) is 30.3 Å². The van der Waals surface area contributed by atoms with Gasteiger partial charge in [-0.25, -0.2) is 0 Å². The molecule has 4 nitrogen and oxygen atoms in total. The molecule has 1 saturated heterocycles. The molecule has 1 unspecified atom stereocenters. The fourth-order valence-electron chi connectivity index (χ4n) is 3.45. The summed E-state index contributed by atoms with van der Waals surface area (Å²) in [7, 11) is 2.15. The minimum atomic E-state index is 0.126. The smallest absolute Gasteiger partial charge is 0.255 e. The third-order valence-corrected chi connectivity index (χ3v) is 5.89. The zero-order valence-corrected chi connectivity index (χ0v) is 15.1. The van der Waals surface area contributed by atoms with Crippen LogP contribution in [0.2, 0.25) is 0 Å². The highest BCUT2D eigenvalue weighted by molar-refractivity contribution is 7.17. The lowest BCUT2D eigenvalue weighted by molar-refractivity contribution is 0.0549. The van der Waals surface area contributed by atoms with Crippen LogP contribution >= 0.6 is 11.3 Å². The van der Waals surface area contributed by atoms with Gasteiger partial charge in [0.2, 0.25) is 0 Å². The van der Waals surface area contributed by atoms with Crippen LogP contribution in [0.1, 0.15) is 15.9 Å². The summed E-state index contributed by atoms with van der Waals surface area (Å²) in [4.78, 5) is 21.8. The van der Waals surface area contributed by atoms with Gasteiger partial charge in [0, 0.05) is 31.9 Å². The maximum atomic E-state index is 13.1. The molecule has 1 fully saturated rings. The summed E-state index contributed by atoms with van der Waals surface area (Å²) in [5, 5.41) is 2.00. The summed E-state index contributed by atoms with van der Waals surface area (Å²) in [5.74, 6) is 0.126. The van der Waals surface area contributed by atoms with Crippen molar-refractivity contribution in [3.05, 3.63) is 65.2 Å². The van der Waals surface area contributed by atoms with Gasteiger partial charge in [-0.2, -0.15) is 0 Å². The first-order valence-corrected chi connectivity index (χ1v) is 9.46. The Morgan fingerprint density at radius 3 is 2.88 bits per heavy atom. The largest absolute Gasteiger partial charge is 0.336 e. The number of carbonyl (C=O) groups excluding carboxylic acids is 1. The highest BCUT2D eigenvalue weighted by Crippen LogP contribution is 2.25. The van der Waals surface area contributed by atoms with Crippen LogP contribution in [-0.2, 0) is 6.42 Å². The second kappa shape index (κ2) is 6.94. The summed E-state index contributed by atoms with van der Waals surface area (Å²) >= 11 is 1.59. The van der Waals surface area contributed by atoms with Crippen LogP contribution in [0.5, 0.6) is 0 Å². The van der Waals surface area contributed by atoms with Crippen LogP contribution in [0.25, 0.3) is 10.2 Å². The van der Waals surface area contributed by atoms with Gasteiger partial charge in [-0.15, -0.1) is 11.3 Å². The van der Waals surface area contributed by atoms with Crippen molar-refractivity contribution >= 4 is 27.5 Å². The quantitative estimate of drug-likeness (QED) is 0.726. The predicted molar refractivity (Wildman–Crippen MR) is 102 cm³/mol. The van der Waals surface area contributed by atoms with Crippen LogP contribution in [0.15, 0.2) is 54.0 Å². The van der Waals surface area contributed by atoms with Crippen molar-refractivity contribution < 1.29 is 4.79 Å². The Balaban J connectivity index is 1.54. The van der Waals surface area contributed by atoms with Gasteiger partial charge in [0.05, 0.1) is 15.8 Å². The van der Waals surface area contributed by atoms with E-state index < -0.39 is 0 Å². The number of rotatable bonds is 3. The van der Waals surface area contributed by atoms with Gasteiger partial charge in [0.1, 0.15) is 0 Å². The monoisotopic (exact) mass is 351 g/mol. The van der Waals surface area contributed by atoms with E-state index in [0.29, 0.717) is 6.04 Å². The predicted octanol–water partition coefficient (Wildman–Crippen LogP) is 3.30. The topological polar surface area (TPSA) is 36.4 Å². The highest BCUT2D eigenvalue weighted by Gasteiger charge is 2.28. The second-order valence-corrected chi connectivity index (χ2v) is 7.48. The summed E-state index contributed by atoms with van der Waals surface area (Å²) < 4.78 is 0.992. The average molecular weight is 351 g/mol. The third-order valence-electron chi connectivity index (χ3n) is 4.95. The minimum Gasteiger partial charge on any atom is -0.336 e. The van der Waals surface area contributed by atoms with Gasteiger partial charge in [-0.3, -0.25) is 14.7 Å². The number of likely N-dealkylation sites (N-methyl/N-ethyl adjacent to an activating group) is 1. The van der Waals surface area contributed by atoms with Crippen LogP contribution in [0.4, 0.5) is 0 Å². The van der Waals surface area contributed by atoms with Crippen LogP contribution in [-0.4, -0.2) is 53.4 Å². The van der Waals surface area contributed by atoms with E-state index in [1.807, 2.05) is 28.5 Å². The van der Waals surface area contributed by atoms with Crippen molar-refractivity contribution in [2.24, 2.45) is 0 Å². The number of thiophene rings is 1. The summed E-state index contributed by atoms with van der Waals surface area (Å²) in [5.41, 5.74) is 3.01. The Morgan fingerprint density at radius 2 is 2.04 bits per heavy atom. The van der Waals surface area contributed by atoms with E-state index in [1.165, 1.54) is 5.56 Å². The standard InChI is InChI=1S/C20H21N3OS/c1-22-10-11-23(14-16(22)13-15-5-3-2-4-6-15)20(24)17-7-9-21-18-8-12-25-19(17)18/h2-9,12,16H,10-11,13-14H2,1H3. The molecule has 1 amide bonds. The van der Waals surface area contributed by atoms with E-state index in [4.69, 9.17) is 0 Å². The fraction of sp³-hybridized carbons (Fsp3) is 0.300. The van der Waals surface area contributed by atoms with E-state index in [-0.39, 0.29) is 5.91 Å². The molecule has 0 spiro atoms. The zero-order chi connectivity index (χ0) is 17.2. The number of aromatic nitrogens is 1. The molecular weight excluding hydrogens is 330 g/mol. The minimum absolute atomic E-state index is 0.126. The number of pyridine rings is 1. The molecule has 0 bridgehead atoms.